The van der Waals surface area contributed by atoms with E-state index in [0.29, 0.717) is 24.6 Å². The van der Waals surface area contributed by atoms with E-state index in [1.165, 1.54) is 6.20 Å². The van der Waals surface area contributed by atoms with Crippen LogP contribution >= 0.6 is 0 Å². The summed E-state index contributed by atoms with van der Waals surface area (Å²) in [7, 11) is 0. The van der Waals surface area contributed by atoms with E-state index in [9.17, 15) is 5.11 Å². The van der Waals surface area contributed by atoms with Crippen molar-refractivity contribution in [3.8, 4) is 0 Å². The summed E-state index contributed by atoms with van der Waals surface area (Å²) >= 11 is 0. The highest BCUT2D eigenvalue weighted by Gasteiger charge is 2.03. The monoisotopic (exact) mass is 182 g/mol. The van der Waals surface area contributed by atoms with Gasteiger partial charge in [-0.3, -0.25) is 0 Å². The van der Waals surface area contributed by atoms with E-state index < -0.39 is 0 Å². The number of hydrogen-bond acceptors (Lipinski definition) is 5. The molecule has 0 amide bonds. The summed E-state index contributed by atoms with van der Waals surface area (Å²) in [5.41, 5.74) is 5.53. The third-order valence-corrected chi connectivity index (χ3v) is 1.70. The van der Waals surface area contributed by atoms with Crippen LogP contribution in [0.1, 0.15) is 13.3 Å². The minimum Gasteiger partial charge on any atom is -0.391 e. The van der Waals surface area contributed by atoms with E-state index in [-0.39, 0.29) is 6.10 Å². The number of anilines is 2. The molecule has 0 aliphatic heterocycles. The predicted molar refractivity (Wildman–Crippen MR) is 51.2 cm³/mol. The van der Waals surface area contributed by atoms with Crippen molar-refractivity contribution in [2.45, 2.75) is 19.4 Å². The summed E-state index contributed by atoms with van der Waals surface area (Å²) in [6, 6.07) is 0. The Morgan fingerprint density at radius 1 is 1.54 bits per heavy atom. The zero-order valence-electron chi connectivity index (χ0n) is 7.57. The maximum absolute atomic E-state index is 9.26. The Bertz CT molecular complexity index is 266. The number of aromatic nitrogens is 2. The lowest BCUT2D eigenvalue weighted by atomic mass is 10.3. The Kier molecular flexibility index (Phi) is 3.45. The van der Waals surface area contributed by atoms with Crippen LogP contribution in [0.5, 0.6) is 0 Å². The molecular formula is C8H14N4O. The Labute approximate surface area is 77.0 Å². The van der Waals surface area contributed by atoms with Crippen LogP contribution < -0.4 is 11.1 Å². The van der Waals surface area contributed by atoms with Gasteiger partial charge in [0.15, 0.2) is 11.6 Å². The number of rotatable bonds is 4. The van der Waals surface area contributed by atoms with E-state index in [1.54, 1.807) is 6.20 Å². The highest BCUT2D eigenvalue weighted by Crippen LogP contribution is 2.09. The lowest BCUT2D eigenvalue weighted by molar-refractivity contribution is 0.183. The van der Waals surface area contributed by atoms with Crippen molar-refractivity contribution in [3.63, 3.8) is 0 Å². The van der Waals surface area contributed by atoms with Crippen LogP contribution in [-0.4, -0.2) is 27.7 Å². The van der Waals surface area contributed by atoms with Gasteiger partial charge in [-0.15, -0.1) is 0 Å². The second-order valence-electron chi connectivity index (χ2n) is 2.73. The van der Waals surface area contributed by atoms with Gasteiger partial charge in [0.05, 0.1) is 6.10 Å². The van der Waals surface area contributed by atoms with Crippen LogP contribution in [0.15, 0.2) is 12.4 Å². The minimum absolute atomic E-state index is 0.353. The highest BCUT2D eigenvalue weighted by atomic mass is 16.3. The average Bonchev–Trinajstić information content (AvgIpc) is 2.16. The van der Waals surface area contributed by atoms with E-state index in [2.05, 4.69) is 15.3 Å². The fraction of sp³-hybridized carbons (Fsp3) is 0.500. The number of nitrogen functional groups attached to an aromatic ring is 1. The second-order valence-corrected chi connectivity index (χ2v) is 2.73. The molecule has 1 aromatic rings. The van der Waals surface area contributed by atoms with E-state index in [0.717, 1.165) is 0 Å². The second kappa shape index (κ2) is 4.61. The van der Waals surface area contributed by atoms with Gasteiger partial charge in [0, 0.05) is 18.9 Å². The van der Waals surface area contributed by atoms with Crippen molar-refractivity contribution in [3.05, 3.63) is 12.4 Å². The van der Waals surface area contributed by atoms with Crippen LogP contribution in [0, 0.1) is 0 Å². The summed E-state index contributed by atoms with van der Waals surface area (Å²) in [5, 5.41) is 12.2. The first-order valence-electron chi connectivity index (χ1n) is 4.22. The van der Waals surface area contributed by atoms with E-state index in [4.69, 9.17) is 5.73 Å². The summed E-state index contributed by atoms with van der Waals surface area (Å²) in [6.07, 6.45) is 3.41. The smallest absolute Gasteiger partial charge is 0.169 e. The number of nitrogens with one attached hydrogen (secondary N) is 1. The average molecular weight is 182 g/mol. The Morgan fingerprint density at radius 2 is 2.23 bits per heavy atom. The van der Waals surface area contributed by atoms with Crippen molar-refractivity contribution in [2.24, 2.45) is 0 Å². The third-order valence-electron chi connectivity index (χ3n) is 1.70. The molecule has 0 aliphatic rings. The molecule has 0 saturated carbocycles. The van der Waals surface area contributed by atoms with Gasteiger partial charge in [-0.25, -0.2) is 9.97 Å². The van der Waals surface area contributed by atoms with Gasteiger partial charge in [-0.1, -0.05) is 6.92 Å². The first kappa shape index (κ1) is 9.73. The molecule has 0 unspecified atom stereocenters. The van der Waals surface area contributed by atoms with Crippen LogP contribution in [0.3, 0.4) is 0 Å². The fourth-order valence-electron chi connectivity index (χ4n) is 0.844. The highest BCUT2D eigenvalue weighted by molar-refractivity contribution is 5.54. The van der Waals surface area contributed by atoms with Gasteiger partial charge in [0.1, 0.15) is 0 Å². The molecule has 72 valence electrons. The molecule has 0 radical (unpaired) electrons. The molecule has 0 aromatic carbocycles. The van der Waals surface area contributed by atoms with Crippen LogP contribution in [-0.2, 0) is 0 Å². The summed E-state index contributed by atoms with van der Waals surface area (Å²) < 4.78 is 0. The van der Waals surface area contributed by atoms with Crippen LogP contribution in [0.4, 0.5) is 11.6 Å². The number of aliphatic hydroxyl groups excluding tert-OH is 1. The summed E-state index contributed by atoms with van der Waals surface area (Å²) in [4.78, 5) is 7.83. The molecule has 4 N–H and O–H groups in total. The number of nitrogens with zero attached hydrogens (tertiary/aromatic N) is 2. The standard InChI is InChI=1S/C8H14N4O/c1-2-6(13)5-12-8-7(9)10-3-4-11-8/h3-4,6,13H,2,5H2,1H3,(H2,9,10)(H,11,12)/t6-/m0/s1. The lowest BCUT2D eigenvalue weighted by Crippen LogP contribution is -2.19. The molecule has 0 fully saturated rings. The van der Waals surface area contributed by atoms with Crippen molar-refractivity contribution in [1.29, 1.82) is 0 Å². The third kappa shape index (κ3) is 2.87. The van der Waals surface area contributed by atoms with Gasteiger partial charge < -0.3 is 16.2 Å². The molecule has 5 nitrogen and oxygen atoms in total. The molecule has 0 spiro atoms. The molecule has 1 aromatic heterocycles. The zero-order chi connectivity index (χ0) is 9.68. The van der Waals surface area contributed by atoms with Gasteiger partial charge >= 0.3 is 0 Å². The molecule has 0 aliphatic carbocycles. The first-order chi connectivity index (χ1) is 6.24. The first-order valence-corrected chi connectivity index (χ1v) is 4.22. The molecule has 1 atom stereocenters. The van der Waals surface area contributed by atoms with Crippen LogP contribution in [0.2, 0.25) is 0 Å². The lowest BCUT2D eigenvalue weighted by Gasteiger charge is -2.10. The summed E-state index contributed by atoms with van der Waals surface area (Å²) in [6.45, 7) is 2.35. The van der Waals surface area contributed by atoms with Gasteiger partial charge in [-0.05, 0) is 6.42 Å². The van der Waals surface area contributed by atoms with Crippen LogP contribution in [0.25, 0.3) is 0 Å². The molecule has 0 saturated heterocycles. The SMILES string of the molecule is CC[C@H](O)CNc1nccnc1N. The maximum atomic E-state index is 9.26. The Balaban J connectivity index is 2.50. The Morgan fingerprint density at radius 3 is 2.85 bits per heavy atom. The van der Waals surface area contributed by atoms with Crippen molar-refractivity contribution in [1.82, 2.24) is 9.97 Å². The van der Waals surface area contributed by atoms with Gasteiger partial charge in [0.25, 0.3) is 0 Å². The number of hydrogen-bond donors (Lipinski definition) is 3. The molecule has 0 bridgehead atoms. The van der Waals surface area contributed by atoms with Crippen molar-refractivity contribution in [2.75, 3.05) is 17.6 Å². The minimum atomic E-state index is -0.374. The number of aliphatic hydroxyl groups is 1. The number of nitrogens with two attached hydrogens (primary N) is 1. The molecule has 13 heavy (non-hydrogen) atoms. The Hall–Kier alpha value is -1.36. The molecule has 1 heterocycles. The quantitative estimate of drug-likeness (QED) is 0.621. The summed E-state index contributed by atoms with van der Waals surface area (Å²) in [5.74, 6) is 0.876. The fourth-order valence-corrected chi connectivity index (χ4v) is 0.844. The topological polar surface area (TPSA) is 84.1 Å². The van der Waals surface area contributed by atoms with E-state index >= 15 is 0 Å². The van der Waals surface area contributed by atoms with Gasteiger partial charge in [-0.2, -0.15) is 0 Å². The molecular weight excluding hydrogens is 168 g/mol. The largest absolute Gasteiger partial charge is 0.391 e. The molecule has 1 rings (SSSR count). The normalized spacial score (nSPS) is 12.5. The zero-order valence-corrected chi connectivity index (χ0v) is 7.57. The van der Waals surface area contributed by atoms with Crippen molar-refractivity contribution >= 4 is 11.6 Å². The molecule has 5 heteroatoms. The van der Waals surface area contributed by atoms with Gasteiger partial charge in [0.2, 0.25) is 0 Å². The van der Waals surface area contributed by atoms with Crippen molar-refractivity contribution < 1.29 is 5.11 Å². The maximum Gasteiger partial charge on any atom is 0.169 e. The van der Waals surface area contributed by atoms with E-state index in [1.807, 2.05) is 6.92 Å². The predicted octanol–water partition coefficient (Wildman–Crippen LogP) is 0.242.